The van der Waals surface area contributed by atoms with Crippen molar-refractivity contribution in [3.8, 4) is 11.5 Å². The van der Waals surface area contributed by atoms with Crippen molar-refractivity contribution in [2.45, 2.75) is 88.8 Å². The summed E-state index contributed by atoms with van der Waals surface area (Å²) in [6, 6.07) is 8.50. The second kappa shape index (κ2) is 17.3. The number of halogens is 2. The van der Waals surface area contributed by atoms with E-state index in [1.807, 2.05) is 18.2 Å². The Morgan fingerprint density at radius 1 is 1.05 bits per heavy atom. The van der Waals surface area contributed by atoms with Gasteiger partial charge >= 0.3 is 5.69 Å². The Morgan fingerprint density at radius 3 is 2.62 bits per heavy atom. The van der Waals surface area contributed by atoms with Crippen molar-refractivity contribution in [2.75, 3.05) is 43.4 Å². The molecule has 2 aliphatic carbocycles. The molecule has 0 radical (unpaired) electrons. The predicted molar refractivity (Wildman–Crippen MR) is 220 cm³/mol. The van der Waals surface area contributed by atoms with Gasteiger partial charge in [0.15, 0.2) is 11.4 Å². The van der Waals surface area contributed by atoms with Crippen LogP contribution < -0.4 is 21.6 Å². The number of amides is 3. The summed E-state index contributed by atoms with van der Waals surface area (Å²) in [5.41, 5.74) is 2.30. The van der Waals surface area contributed by atoms with Crippen LogP contribution in [0.25, 0.3) is 22.5 Å². The molecule has 16 nitrogen and oxygen atoms in total. The maximum Gasteiger partial charge on any atom is 0.329 e. The van der Waals surface area contributed by atoms with E-state index in [1.54, 1.807) is 34.6 Å². The van der Waals surface area contributed by atoms with Gasteiger partial charge in [-0.2, -0.15) is 5.10 Å². The van der Waals surface area contributed by atoms with Crippen LogP contribution in [0.5, 0.6) is 0 Å². The second-order valence-electron chi connectivity index (χ2n) is 16.9. The molecular formula is C43H50F2N10O6. The molecular weight excluding hydrogens is 791 g/mol. The number of hydrogen-bond acceptors (Lipinski definition) is 11. The first-order valence-electron chi connectivity index (χ1n) is 21.3. The molecule has 4 aliphatic rings. The van der Waals surface area contributed by atoms with Gasteiger partial charge in [-0.1, -0.05) is 12.1 Å². The number of ether oxygens (including phenoxy) is 1. The number of carbonyl (C=O) groups is 3. The normalized spacial score (nSPS) is 21.2. The fourth-order valence-electron chi connectivity index (χ4n) is 8.98. The van der Waals surface area contributed by atoms with Crippen LogP contribution in [0.1, 0.15) is 98.0 Å². The Bertz CT molecular complexity index is 2480. The minimum atomic E-state index is -2.87. The third-order valence-electron chi connectivity index (χ3n) is 12.5. The highest BCUT2D eigenvalue weighted by atomic mass is 19.3. The number of fused-ring (bicyclic) bond motifs is 1. The number of imide groups is 1. The molecule has 322 valence electrons. The number of carbonyl (C=O) groups excluding carboxylic acids is 3. The molecule has 2 saturated carbocycles. The number of likely N-dealkylation sites (tertiary alicyclic amines) is 1. The van der Waals surface area contributed by atoms with Gasteiger partial charge < -0.3 is 19.8 Å². The molecule has 1 atom stereocenters. The summed E-state index contributed by atoms with van der Waals surface area (Å²) in [7, 11) is 1.71. The quantitative estimate of drug-likeness (QED) is 0.0826. The maximum absolute atomic E-state index is 14.1. The van der Waals surface area contributed by atoms with Gasteiger partial charge in [0.05, 0.1) is 28.9 Å². The van der Waals surface area contributed by atoms with E-state index >= 15 is 0 Å². The van der Waals surface area contributed by atoms with Gasteiger partial charge in [0, 0.05) is 64.2 Å². The number of para-hydroxylation sites is 1. The van der Waals surface area contributed by atoms with Crippen molar-refractivity contribution in [3.63, 3.8) is 0 Å². The monoisotopic (exact) mass is 840 g/mol. The lowest BCUT2D eigenvalue weighted by Crippen LogP contribution is -2.53. The van der Waals surface area contributed by atoms with Crippen LogP contribution in [0.2, 0.25) is 0 Å². The van der Waals surface area contributed by atoms with E-state index in [1.165, 1.54) is 29.9 Å². The van der Waals surface area contributed by atoms with E-state index < -0.39 is 30.0 Å². The summed E-state index contributed by atoms with van der Waals surface area (Å²) in [5, 5.41) is 12.5. The number of nitrogens with zero attached hydrogens (tertiary/aromatic N) is 7. The topological polar surface area (TPSA) is 183 Å². The fourth-order valence-corrected chi connectivity index (χ4v) is 8.98. The number of alkyl halides is 2. The third kappa shape index (κ3) is 8.87. The van der Waals surface area contributed by atoms with Gasteiger partial charge in [-0.15, -0.1) is 0 Å². The average Bonchev–Trinajstić information content (AvgIpc) is 3.64. The zero-order valence-electron chi connectivity index (χ0n) is 34.0. The van der Waals surface area contributed by atoms with Crippen molar-refractivity contribution in [3.05, 3.63) is 76.4 Å². The number of oxazole rings is 1. The zero-order valence-corrected chi connectivity index (χ0v) is 34.0. The highest BCUT2D eigenvalue weighted by Crippen LogP contribution is 2.36. The number of imidazole rings is 1. The Morgan fingerprint density at radius 2 is 1.85 bits per heavy atom. The summed E-state index contributed by atoms with van der Waals surface area (Å²) >= 11 is 0. The van der Waals surface area contributed by atoms with Crippen LogP contribution in [0, 0.1) is 11.8 Å². The number of pyridine rings is 1. The van der Waals surface area contributed by atoms with Crippen molar-refractivity contribution in [1.82, 2.24) is 39.1 Å². The fraction of sp³-hybridized carbons (Fsp3) is 0.512. The molecule has 0 spiro atoms. The molecule has 4 aromatic heterocycles. The Kier molecular flexibility index (Phi) is 11.5. The molecule has 2 saturated heterocycles. The van der Waals surface area contributed by atoms with Gasteiger partial charge in [0.1, 0.15) is 18.1 Å². The molecule has 18 heteroatoms. The molecule has 4 fully saturated rings. The number of aromatic nitrogens is 6. The van der Waals surface area contributed by atoms with Crippen LogP contribution in [0.15, 0.2) is 58.2 Å². The standard InChI is InChI=1S/C43H50F2N10O6/c1-52-38-27(4-2-6-33(38)55(43(52)59)34-13-14-36(56)50-41(34)58)5-3-17-60-30-21-53(22-30)20-26-9-11-29(12-10-26)54-23-31(37(51-54)39(44)45)48-40(57)32-24-61-42(49-32)28-15-16-46-35(18-28)47-19-25-7-8-25/h2,4,6,15-16,18,23-26,29-30,34,39H,3,5,7-14,17,19-22H2,1H3,(H,46,47)(H,48,57)(H,50,56,58)/t26-,29-,34?. The molecule has 2 aliphatic heterocycles. The van der Waals surface area contributed by atoms with E-state index in [-0.39, 0.29) is 47.4 Å². The molecule has 9 rings (SSSR count). The third-order valence-corrected chi connectivity index (χ3v) is 12.5. The lowest BCUT2D eigenvalue weighted by Gasteiger charge is -2.42. The van der Waals surface area contributed by atoms with Crippen LogP contribution >= 0.6 is 0 Å². The minimum absolute atomic E-state index is 0.0326. The summed E-state index contributed by atoms with van der Waals surface area (Å²) < 4.78 is 44.7. The molecule has 3 N–H and O–H groups in total. The van der Waals surface area contributed by atoms with E-state index in [9.17, 15) is 28.0 Å². The van der Waals surface area contributed by atoms with Crippen LogP contribution in [-0.2, 0) is 27.8 Å². The lowest BCUT2D eigenvalue weighted by atomic mass is 9.85. The zero-order chi connectivity index (χ0) is 42.2. The highest BCUT2D eigenvalue weighted by Gasteiger charge is 2.34. The number of anilines is 2. The van der Waals surface area contributed by atoms with Crippen molar-refractivity contribution in [2.24, 2.45) is 18.9 Å². The van der Waals surface area contributed by atoms with Crippen LogP contribution in [0.4, 0.5) is 20.3 Å². The predicted octanol–water partition coefficient (Wildman–Crippen LogP) is 5.64. The summed E-state index contributed by atoms with van der Waals surface area (Å²) in [6.07, 6.45) is 9.49. The first kappa shape index (κ1) is 40.6. The average molecular weight is 841 g/mol. The Labute approximate surface area is 350 Å². The number of aryl methyl sites for hydroxylation is 2. The van der Waals surface area contributed by atoms with Crippen molar-refractivity contribution < 1.29 is 32.3 Å². The lowest BCUT2D eigenvalue weighted by molar-refractivity contribution is -0.135. The number of benzene rings is 1. The summed E-state index contributed by atoms with van der Waals surface area (Å²) in [6.45, 7) is 4.09. The van der Waals surface area contributed by atoms with Gasteiger partial charge in [0.2, 0.25) is 17.7 Å². The Balaban J connectivity index is 0.716. The van der Waals surface area contributed by atoms with E-state index in [4.69, 9.17) is 9.15 Å². The molecule has 5 aromatic rings. The molecule has 0 bridgehead atoms. The first-order chi connectivity index (χ1) is 29.6. The summed E-state index contributed by atoms with van der Waals surface area (Å²) in [5.74, 6) is 0.633. The van der Waals surface area contributed by atoms with Gasteiger partial charge in [-0.25, -0.2) is 23.5 Å². The van der Waals surface area contributed by atoms with Gasteiger partial charge in [-0.3, -0.25) is 38.4 Å². The van der Waals surface area contributed by atoms with Crippen LogP contribution in [-0.4, -0.2) is 90.4 Å². The maximum atomic E-state index is 14.1. The molecule has 3 amide bonds. The van der Waals surface area contributed by atoms with Crippen molar-refractivity contribution >= 4 is 40.3 Å². The largest absolute Gasteiger partial charge is 0.444 e. The van der Waals surface area contributed by atoms with Crippen LogP contribution in [0.3, 0.4) is 0 Å². The number of hydrogen-bond donors (Lipinski definition) is 3. The number of rotatable bonds is 16. The molecule has 1 unspecified atom stereocenters. The van der Waals surface area contributed by atoms with E-state index in [2.05, 4.69) is 35.9 Å². The molecule has 1 aromatic carbocycles. The van der Waals surface area contributed by atoms with Crippen molar-refractivity contribution in [1.29, 1.82) is 0 Å². The smallest absolute Gasteiger partial charge is 0.329 e. The van der Waals surface area contributed by atoms with E-state index in [0.717, 1.165) is 69.4 Å². The highest BCUT2D eigenvalue weighted by molar-refractivity contribution is 6.03. The second-order valence-corrected chi connectivity index (χ2v) is 16.9. The SMILES string of the molecule is Cn1c(=O)n(C2CCC(=O)NC2=O)c2cccc(CCCOC3CN(C[C@H]4CC[C@H](n5cc(NC(=O)c6coc(-c7ccnc(NCC8CC8)c7)n6)c(C(F)F)n5)CC4)C3)c21. The molecule has 61 heavy (non-hydrogen) atoms. The van der Waals surface area contributed by atoms with Gasteiger partial charge in [-0.05, 0) is 93.4 Å². The minimum Gasteiger partial charge on any atom is -0.444 e. The van der Waals surface area contributed by atoms with Gasteiger partial charge in [0.25, 0.3) is 12.3 Å². The number of piperidine rings is 1. The number of nitrogens with one attached hydrogen (secondary N) is 3. The summed E-state index contributed by atoms with van der Waals surface area (Å²) in [4.78, 5) is 61.7. The first-order valence-corrected chi connectivity index (χ1v) is 21.3. The van der Waals surface area contributed by atoms with E-state index in [0.29, 0.717) is 48.2 Å². The molecule has 6 heterocycles. The Hall–Kier alpha value is -5.75.